The number of rotatable bonds is 4. The van der Waals surface area contributed by atoms with Gasteiger partial charge in [-0.15, -0.1) is 0 Å². The highest BCUT2D eigenvalue weighted by molar-refractivity contribution is 5.94. The van der Waals surface area contributed by atoms with E-state index in [1.54, 1.807) is 7.11 Å². The van der Waals surface area contributed by atoms with Crippen molar-refractivity contribution in [3.8, 4) is 22.7 Å². The molecular weight excluding hydrogens is 362 g/mol. The van der Waals surface area contributed by atoms with Crippen LogP contribution in [0.5, 0.6) is 5.75 Å². The maximum Gasteiger partial charge on any atom is 0.272 e. The highest BCUT2D eigenvalue weighted by atomic mass is 16.5. The Morgan fingerprint density at radius 2 is 1.69 bits per heavy atom. The van der Waals surface area contributed by atoms with E-state index in [0.717, 1.165) is 59.8 Å². The summed E-state index contributed by atoms with van der Waals surface area (Å²) in [5, 5.41) is 4.85. The number of methoxy groups -OCH3 is 1. The fourth-order valence-electron chi connectivity index (χ4n) is 3.83. The van der Waals surface area contributed by atoms with Gasteiger partial charge in [0.2, 0.25) is 0 Å². The Hall–Kier alpha value is -3.08. The number of hydrogen-bond acceptors (Lipinski definition) is 3. The summed E-state index contributed by atoms with van der Waals surface area (Å²) in [6, 6.07) is 15.9. The fraction of sp³-hybridized carbons (Fsp3) is 0.333. The number of nitrogens with zero attached hydrogens (tertiary/aromatic N) is 3. The molecule has 0 spiro atoms. The second-order valence-corrected chi connectivity index (χ2v) is 7.70. The Bertz CT molecular complexity index is 1020. The topological polar surface area (TPSA) is 47.4 Å². The number of ether oxygens (including phenoxy) is 1. The third kappa shape index (κ3) is 3.90. The zero-order valence-electron chi connectivity index (χ0n) is 17.3. The summed E-state index contributed by atoms with van der Waals surface area (Å²) < 4.78 is 7.08. The molecule has 1 amide bonds. The van der Waals surface area contributed by atoms with Crippen molar-refractivity contribution < 1.29 is 9.53 Å². The van der Waals surface area contributed by atoms with Crippen LogP contribution in [0.25, 0.3) is 16.9 Å². The highest BCUT2D eigenvalue weighted by Crippen LogP contribution is 2.27. The molecule has 0 radical (unpaired) electrons. The maximum absolute atomic E-state index is 13.4. The van der Waals surface area contributed by atoms with Crippen LogP contribution in [0.15, 0.2) is 48.5 Å². The molecule has 0 unspecified atom stereocenters. The average molecular weight is 389 g/mol. The average Bonchev–Trinajstić information content (AvgIpc) is 3.20. The molecule has 150 valence electrons. The number of hydrogen-bond donors (Lipinski definition) is 0. The molecule has 5 nitrogen and oxygen atoms in total. The van der Waals surface area contributed by atoms with Crippen LogP contribution in [0.1, 0.15) is 40.9 Å². The Kier molecular flexibility index (Phi) is 5.38. The van der Waals surface area contributed by atoms with Crippen molar-refractivity contribution in [2.24, 2.45) is 0 Å². The first kappa shape index (κ1) is 19.2. The van der Waals surface area contributed by atoms with Gasteiger partial charge in [-0.3, -0.25) is 4.79 Å². The number of aryl methyl sites for hydroxylation is 2. The molecule has 2 heterocycles. The van der Waals surface area contributed by atoms with E-state index in [9.17, 15) is 4.79 Å². The molecule has 1 aromatic heterocycles. The van der Waals surface area contributed by atoms with Gasteiger partial charge in [-0.1, -0.05) is 12.1 Å². The quantitative estimate of drug-likeness (QED) is 0.644. The molecule has 2 aromatic carbocycles. The van der Waals surface area contributed by atoms with E-state index >= 15 is 0 Å². The monoisotopic (exact) mass is 389 g/mol. The summed E-state index contributed by atoms with van der Waals surface area (Å²) in [7, 11) is 1.65. The van der Waals surface area contributed by atoms with Crippen LogP contribution in [0.2, 0.25) is 0 Å². The van der Waals surface area contributed by atoms with Crippen molar-refractivity contribution in [2.75, 3.05) is 20.2 Å². The van der Waals surface area contributed by atoms with Gasteiger partial charge in [0.1, 0.15) is 11.4 Å². The lowest BCUT2D eigenvalue weighted by atomic mass is 10.1. The Morgan fingerprint density at radius 1 is 0.966 bits per heavy atom. The number of benzene rings is 2. The number of amides is 1. The van der Waals surface area contributed by atoms with Crippen molar-refractivity contribution in [3.63, 3.8) is 0 Å². The molecule has 0 N–H and O–H groups in total. The third-order valence-corrected chi connectivity index (χ3v) is 5.55. The molecule has 1 fully saturated rings. The molecule has 29 heavy (non-hydrogen) atoms. The van der Waals surface area contributed by atoms with Gasteiger partial charge in [-0.25, -0.2) is 4.68 Å². The minimum absolute atomic E-state index is 0.0536. The molecule has 3 aromatic rings. The summed E-state index contributed by atoms with van der Waals surface area (Å²) in [6.07, 6.45) is 3.32. The standard InChI is InChI=1S/C24H27N3O2/c1-17-7-8-18(2)22(15-17)27-23(24(28)26-13-5-4-6-14-26)16-21(25-27)19-9-11-20(29-3)12-10-19/h7-12,15-16H,4-6,13-14H2,1-3H3. The van der Waals surface area contributed by atoms with Crippen molar-refractivity contribution in [1.82, 2.24) is 14.7 Å². The SMILES string of the molecule is COc1ccc(-c2cc(C(=O)N3CCCCC3)n(-c3cc(C)ccc3C)n2)cc1. The van der Waals surface area contributed by atoms with E-state index in [-0.39, 0.29) is 5.91 Å². The van der Waals surface area contributed by atoms with E-state index in [4.69, 9.17) is 9.84 Å². The van der Waals surface area contributed by atoms with Gasteiger partial charge in [0, 0.05) is 18.7 Å². The molecule has 5 heteroatoms. The third-order valence-electron chi connectivity index (χ3n) is 5.55. The predicted molar refractivity (Wildman–Crippen MR) is 115 cm³/mol. The van der Waals surface area contributed by atoms with Crippen LogP contribution < -0.4 is 4.74 Å². The van der Waals surface area contributed by atoms with Gasteiger partial charge < -0.3 is 9.64 Å². The highest BCUT2D eigenvalue weighted by Gasteiger charge is 2.24. The molecule has 0 aliphatic carbocycles. The van der Waals surface area contributed by atoms with Gasteiger partial charge >= 0.3 is 0 Å². The minimum Gasteiger partial charge on any atom is -0.497 e. The first-order valence-electron chi connectivity index (χ1n) is 10.2. The summed E-state index contributed by atoms with van der Waals surface area (Å²) in [4.78, 5) is 15.3. The van der Waals surface area contributed by atoms with Crippen molar-refractivity contribution in [3.05, 3.63) is 65.4 Å². The normalized spacial score (nSPS) is 14.1. The van der Waals surface area contributed by atoms with Crippen LogP contribution in [0.3, 0.4) is 0 Å². The molecule has 0 atom stereocenters. The van der Waals surface area contributed by atoms with Crippen LogP contribution in [0.4, 0.5) is 0 Å². The first-order valence-corrected chi connectivity index (χ1v) is 10.2. The van der Waals surface area contributed by atoms with E-state index in [1.165, 1.54) is 6.42 Å². The van der Waals surface area contributed by atoms with Gasteiger partial charge in [-0.05, 0) is 80.6 Å². The van der Waals surface area contributed by atoms with Crippen LogP contribution in [-0.4, -0.2) is 40.8 Å². The molecule has 1 aliphatic heterocycles. The van der Waals surface area contributed by atoms with E-state index < -0.39 is 0 Å². The number of carbonyl (C=O) groups is 1. The lowest BCUT2D eigenvalue weighted by molar-refractivity contribution is 0.0715. The molecule has 1 aliphatic rings. The van der Waals surface area contributed by atoms with Crippen molar-refractivity contribution in [1.29, 1.82) is 0 Å². The summed E-state index contributed by atoms with van der Waals surface area (Å²) in [5.74, 6) is 0.852. The maximum atomic E-state index is 13.4. The number of likely N-dealkylation sites (tertiary alicyclic amines) is 1. The molecule has 0 bridgehead atoms. The molecular formula is C24H27N3O2. The first-order chi connectivity index (χ1) is 14.1. The summed E-state index contributed by atoms with van der Waals surface area (Å²) in [5.41, 5.74) is 5.55. The van der Waals surface area contributed by atoms with Crippen LogP contribution in [-0.2, 0) is 0 Å². The van der Waals surface area contributed by atoms with Crippen molar-refractivity contribution in [2.45, 2.75) is 33.1 Å². The van der Waals surface area contributed by atoms with Crippen molar-refractivity contribution >= 4 is 5.91 Å². The Balaban J connectivity index is 1.81. The Morgan fingerprint density at radius 3 is 2.38 bits per heavy atom. The van der Waals surface area contributed by atoms with Gasteiger partial charge in [-0.2, -0.15) is 5.10 Å². The molecule has 0 saturated carbocycles. The van der Waals surface area contributed by atoms with Crippen LogP contribution in [0, 0.1) is 13.8 Å². The summed E-state index contributed by atoms with van der Waals surface area (Å²) in [6.45, 7) is 5.74. The zero-order chi connectivity index (χ0) is 20.4. The van der Waals surface area contributed by atoms with E-state index in [2.05, 4.69) is 32.0 Å². The van der Waals surface area contributed by atoms with Gasteiger partial charge in [0.05, 0.1) is 18.5 Å². The second-order valence-electron chi connectivity index (χ2n) is 7.70. The molecule has 4 rings (SSSR count). The number of carbonyl (C=O) groups excluding carboxylic acids is 1. The van der Waals surface area contributed by atoms with Gasteiger partial charge in [0.15, 0.2) is 0 Å². The second kappa shape index (κ2) is 8.11. The largest absolute Gasteiger partial charge is 0.497 e. The van der Waals surface area contributed by atoms with Gasteiger partial charge in [0.25, 0.3) is 5.91 Å². The molecule has 1 saturated heterocycles. The van der Waals surface area contributed by atoms with E-state index in [1.807, 2.05) is 39.9 Å². The lowest BCUT2D eigenvalue weighted by Crippen LogP contribution is -2.36. The lowest BCUT2D eigenvalue weighted by Gasteiger charge is -2.26. The van der Waals surface area contributed by atoms with E-state index in [0.29, 0.717) is 5.69 Å². The predicted octanol–water partition coefficient (Wildman–Crippen LogP) is 4.79. The van der Waals surface area contributed by atoms with Crippen LogP contribution >= 0.6 is 0 Å². The number of piperidine rings is 1. The summed E-state index contributed by atoms with van der Waals surface area (Å²) >= 11 is 0. The smallest absolute Gasteiger partial charge is 0.272 e. The minimum atomic E-state index is 0.0536. The number of aromatic nitrogens is 2. The fourth-order valence-corrected chi connectivity index (χ4v) is 3.83. The Labute approximate surface area is 171 Å². The zero-order valence-corrected chi connectivity index (χ0v) is 17.3.